The number of hydrogen-bond donors (Lipinski definition) is 2. The predicted octanol–water partition coefficient (Wildman–Crippen LogP) is 2.17. The molecule has 19 heavy (non-hydrogen) atoms. The Labute approximate surface area is 115 Å². The topological polar surface area (TPSA) is 69.6 Å². The monoisotopic (exact) mass is 270 g/mol. The van der Waals surface area contributed by atoms with Crippen LogP contribution < -0.4 is 5.32 Å². The number of carboxylic acids is 1. The number of urea groups is 1. The zero-order valence-electron chi connectivity index (χ0n) is 12.2. The highest BCUT2D eigenvalue weighted by Crippen LogP contribution is 2.29. The van der Waals surface area contributed by atoms with Gasteiger partial charge in [-0.25, -0.2) is 4.79 Å². The number of rotatable bonds is 8. The van der Waals surface area contributed by atoms with Crippen molar-refractivity contribution >= 4 is 12.0 Å². The van der Waals surface area contributed by atoms with E-state index in [0.29, 0.717) is 24.8 Å². The lowest BCUT2D eigenvalue weighted by atomic mass is 9.97. The molecule has 110 valence electrons. The fourth-order valence-electron chi connectivity index (χ4n) is 2.13. The molecule has 0 bridgehead atoms. The van der Waals surface area contributed by atoms with E-state index in [1.165, 1.54) is 12.8 Å². The summed E-state index contributed by atoms with van der Waals surface area (Å²) in [5.41, 5.74) is 0. The Bertz CT molecular complexity index is 314. The van der Waals surface area contributed by atoms with Gasteiger partial charge in [0.25, 0.3) is 0 Å². The van der Waals surface area contributed by atoms with Crippen molar-refractivity contribution < 1.29 is 14.7 Å². The van der Waals surface area contributed by atoms with Gasteiger partial charge in [-0.3, -0.25) is 4.79 Å². The first kappa shape index (κ1) is 15.8. The van der Waals surface area contributed by atoms with Gasteiger partial charge in [0.2, 0.25) is 0 Å². The van der Waals surface area contributed by atoms with Gasteiger partial charge in [0.15, 0.2) is 0 Å². The summed E-state index contributed by atoms with van der Waals surface area (Å²) in [6, 6.07) is -0.135. The zero-order valence-corrected chi connectivity index (χ0v) is 12.2. The average molecular weight is 270 g/mol. The number of nitrogens with zero attached hydrogens (tertiary/aromatic N) is 1. The Morgan fingerprint density at radius 3 is 2.42 bits per heavy atom. The van der Waals surface area contributed by atoms with E-state index in [2.05, 4.69) is 5.32 Å². The maximum Gasteiger partial charge on any atom is 0.317 e. The van der Waals surface area contributed by atoms with Crippen molar-refractivity contribution in [1.29, 1.82) is 0 Å². The highest BCUT2D eigenvalue weighted by atomic mass is 16.4. The van der Waals surface area contributed by atoms with E-state index in [1.54, 1.807) is 4.90 Å². The molecule has 2 amide bonds. The maximum absolute atomic E-state index is 12.0. The summed E-state index contributed by atoms with van der Waals surface area (Å²) in [4.78, 5) is 24.9. The Balaban J connectivity index is 2.38. The third kappa shape index (κ3) is 5.94. The molecule has 5 heteroatoms. The first-order valence-electron chi connectivity index (χ1n) is 7.19. The summed E-state index contributed by atoms with van der Waals surface area (Å²) in [7, 11) is 0. The number of aliphatic carboxylic acids is 1. The third-order valence-corrected chi connectivity index (χ3v) is 3.45. The van der Waals surface area contributed by atoms with Gasteiger partial charge in [-0.1, -0.05) is 13.8 Å². The summed E-state index contributed by atoms with van der Waals surface area (Å²) < 4.78 is 0. The molecule has 0 aliphatic heterocycles. The van der Waals surface area contributed by atoms with Gasteiger partial charge in [0.05, 0.1) is 5.92 Å². The van der Waals surface area contributed by atoms with Crippen LogP contribution in [0, 0.1) is 17.8 Å². The first-order valence-corrected chi connectivity index (χ1v) is 7.19. The van der Waals surface area contributed by atoms with E-state index in [-0.39, 0.29) is 12.6 Å². The van der Waals surface area contributed by atoms with Crippen LogP contribution in [0.3, 0.4) is 0 Å². The molecule has 1 atom stereocenters. The normalized spacial score (nSPS) is 16.2. The minimum atomic E-state index is -0.834. The lowest BCUT2D eigenvalue weighted by molar-refractivity contribution is -0.142. The fraction of sp³-hybridized carbons (Fsp3) is 0.857. The number of nitrogens with one attached hydrogen (secondary N) is 1. The van der Waals surface area contributed by atoms with Crippen molar-refractivity contribution in [3.63, 3.8) is 0 Å². The highest BCUT2D eigenvalue weighted by molar-refractivity contribution is 5.76. The van der Waals surface area contributed by atoms with Crippen molar-refractivity contribution in [1.82, 2.24) is 10.2 Å². The van der Waals surface area contributed by atoms with Crippen molar-refractivity contribution in [3.8, 4) is 0 Å². The lowest BCUT2D eigenvalue weighted by Crippen LogP contribution is -2.43. The molecule has 0 heterocycles. The molecule has 5 nitrogen and oxygen atoms in total. The Kier molecular flexibility index (Phi) is 6.12. The molecule has 2 N–H and O–H groups in total. The molecule has 1 aliphatic carbocycles. The minimum absolute atomic E-state index is 0.135. The van der Waals surface area contributed by atoms with Crippen LogP contribution >= 0.6 is 0 Å². The second-order valence-corrected chi connectivity index (χ2v) is 5.83. The van der Waals surface area contributed by atoms with Crippen LogP contribution in [0.1, 0.15) is 40.0 Å². The molecule has 1 aliphatic rings. The van der Waals surface area contributed by atoms with E-state index in [0.717, 1.165) is 6.54 Å². The number of hydrogen-bond acceptors (Lipinski definition) is 2. The molecule has 1 fully saturated rings. The SMILES string of the molecule is CCN(CC1CC1)C(=O)NCC(CC(C)C)C(=O)O. The van der Waals surface area contributed by atoms with Crippen molar-refractivity contribution in [2.24, 2.45) is 17.8 Å². The van der Waals surface area contributed by atoms with E-state index in [9.17, 15) is 9.59 Å². The number of amides is 2. The van der Waals surface area contributed by atoms with Crippen LogP contribution in [0.15, 0.2) is 0 Å². The summed E-state index contributed by atoms with van der Waals surface area (Å²) in [5.74, 6) is -0.369. The molecule has 0 radical (unpaired) electrons. The van der Waals surface area contributed by atoms with Gasteiger partial charge >= 0.3 is 12.0 Å². The van der Waals surface area contributed by atoms with Gasteiger partial charge in [-0.05, 0) is 38.0 Å². The summed E-state index contributed by atoms with van der Waals surface area (Å²) in [5, 5.41) is 11.9. The van der Waals surface area contributed by atoms with Gasteiger partial charge in [-0.15, -0.1) is 0 Å². The molecule has 1 saturated carbocycles. The van der Waals surface area contributed by atoms with Gasteiger partial charge in [-0.2, -0.15) is 0 Å². The van der Waals surface area contributed by atoms with Gasteiger partial charge in [0.1, 0.15) is 0 Å². The van der Waals surface area contributed by atoms with Gasteiger partial charge in [0, 0.05) is 19.6 Å². The van der Waals surface area contributed by atoms with Crippen LogP contribution in [0.5, 0.6) is 0 Å². The number of carbonyl (C=O) groups is 2. The Morgan fingerprint density at radius 1 is 1.37 bits per heavy atom. The molecule has 0 saturated heterocycles. The summed E-state index contributed by atoms with van der Waals surface area (Å²) >= 11 is 0. The number of carboxylic acid groups (broad SMARTS) is 1. The lowest BCUT2D eigenvalue weighted by Gasteiger charge is -2.23. The second-order valence-electron chi connectivity index (χ2n) is 5.83. The molecule has 1 rings (SSSR count). The average Bonchev–Trinajstić information content (AvgIpc) is 3.14. The van der Waals surface area contributed by atoms with Crippen molar-refractivity contribution in [2.75, 3.05) is 19.6 Å². The van der Waals surface area contributed by atoms with Crippen LogP contribution in [-0.2, 0) is 4.79 Å². The predicted molar refractivity (Wildman–Crippen MR) is 74.0 cm³/mol. The molecule has 1 unspecified atom stereocenters. The second kappa shape index (κ2) is 7.36. The highest BCUT2D eigenvalue weighted by Gasteiger charge is 2.26. The van der Waals surface area contributed by atoms with Gasteiger partial charge < -0.3 is 15.3 Å². The molecular weight excluding hydrogens is 244 g/mol. The number of carbonyl (C=O) groups excluding carboxylic acids is 1. The van der Waals surface area contributed by atoms with Crippen molar-refractivity contribution in [3.05, 3.63) is 0 Å². The summed E-state index contributed by atoms with van der Waals surface area (Å²) in [6.07, 6.45) is 2.99. The largest absolute Gasteiger partial charge is 0.481 e. The summed E-state index contributed by atoms with van der Waals surface area (Å²) in [6.45, 7) is 7.61. The maximum atomic E-state index is 12.0. The standard InChI is InChI=1S/C14H26N2O3/c1-4-16(9-11-5-6-11)14(19)15-8-12(13(17)18)7-10(2)3/h10-12H,4-9H2,1-3H3,(H,15,19)(H,17,18). The quantitative estimate of drug-likeness (QED) is 0.710. The van der Waals surface area contributed by atoms with E-state index in [4.69, 9.17) is 5.11 Å². The third-order valence-electron chi connectivity index (χ3n) is 3.45. The molecule has 0 spiro atoms. The van der Waals surface area contributed by atoms with E-state index >= 15 is 0 Å². The molecule has 0 aromatic carbocycles. The Hall–Kier alpha value is -1.26. The first-order chi connectivity index (χ1) is 8.93. The van der Waals surface area contributed by atoms with Crippen LogP contribution in [0.2, 0.25) is 0 Å². The van der Waals surface area contributed by atoms with Crippen LogP contribution in [0.4, 0.5) is 4.79 Å². The smallest absolute Gasteiger partial charge is 0.317 e. The van der Waals surface area contributed by atoms with Crippen LogP contribution in [-0.4, -0.2) is 41.6 Å². The molecular formula is C14H26N2O3. The molecule has 0 aromatic rings. The van der Waals surface area contributed by atoms with E-state index in [1.807, 2.05) is 20.8 Å². The van der Waals surface area contributed by atoms with E-state index < -0.39 is 11.9 Å². The molecule has 0 aromatic heterocycles. The Morgan fingerprint density at radius 2 is 2.00 bits per heavy atom. The fourth-order valence-corrected chi connectivity index (χ4v) is 2.13. The zero-order chi connectivity index (χ0) is 14.4. The van der Waals surface area contributed by atoms with Crippen molar-refractivity contribution in [2.45, 2.75) is 40.0 Å². The van der Waals surface area contributed by atoms with Crippen LogP contribution in [0.25, 0.3) is 0 Å². The minimum Gasteiger partial charge on any atom is -0.481 e.